The molecule has 82 valence electrons. The van der Waals surface area contributed by atoms with E-state index in [9.17, 15) is 4.79 Å². The van der Waals surface area contributed by atoms with Crippen molar-refractivity contribution < 1.29 is 4.79 Å². The van der Waals surface area contributed by atoms with Gasteiger partial charge in [-0.05, 0) is 56.3 Å². The summed E-state index contributed by atoms with van der Waals surface area (Å²) in [5.41, 5.74) is 1.47. The number of carbonyl (C=O) groups is 1. The van der Waals surface area contributed by atoms with Crippen molar-refractivity contribution in [3.05, 3.63) is 11.6 Å². The van der Waals surface area contributed by atoms with E-state index < -0.39 is 0 Å². The molecule has 0 aromatic rings. The van der Waals surface area contributed by atoms with Crippen LogP contribution < -0.4 is 0 Å². The van der Waals surface area contributed by atoms with Gasteiger partial charge in [-0.3, -0.25) is 9.69 Å². The third kappa shape index (κ3) is 1.38. The minimum Gasteiger partial charge on any atom is -0.297 e. The van der Waals surface area contributed by atoms with Gasteiger partial charge in [0, 0.05) is 12.0 Å². The van der Waals surface area contributed by atoms with Crippen LogP contribution in [0.15, 0.2) is 11.6 Å². The van der Waals surface area contributed by atoms with E-state index in [1.807, 2.05) is 6.08 Å². The molecule has 2 unspecified atom stereocenters. The van der Waals surface area contributed by atoms with Crippen LogP contribution in [0, 0.1) is 11.8 Å². The first-order valence-electron chi connectivity index (χ1n) is 6.29. The normalized spacial score (nSPS) is 43.8. The minimum absolute atomic E-state index is 0.304. The molecule has 2 heteroatoms. The summed E-state index contributed by atoms with van der Waals surface area (Å²) in [5, 5.41) is 0. The molecule has 0 N–H and O–H groups in total. The van der Waals surface area contributed by atoms with Gasteiger partial charge in [0.2, 0.25) is 0 Å². The second kappa shape index (κ2) is 3.44. The summed E-state index contributed by atoms with van der Waals surface area (Å²) < 4.78 is 0. The maximum Gasteiger partial charge on any atom is 0.158 e. The van der Waals surface area contributed by atoms with Crippen LogP contribution in [-0.4, -0.2) is 29.8 Å². The highest BCUT2D eigenvalue weighted by molar-refractivity contribution is 5.93. The Morgan fingerprint density at radius 2 is 2.13 bits per heavy atom. The first-order valence-corrected chi connectivity index (χ1v) is 6.29. The predicted molar refractivity (Wildman–Crippen MR) is 59.6 cm³/mol. The molecule has 0 radical (unpaired) electrons. The molecule has 1 aliphatic carbocycles. The van der Waals surface area contributed by atoms with Gasteiger partial charge in [-0.25, -0.2) is 0 Å². The van der Waals surface area contributed by atoms with Gasteiger partial charge in [0.1, 0.15) is 0 Å². The highest BCUT2D eigenvalue weighted by atomic mass is 16.1. The van der Waals surface area contributed by atoms with Crippen LogP contribution in [0.2, 0.25) is 0 Å². The van der Waals surface area contributed by atoms with E-state index >= 15 is 0 Å². The van der Waals surface area contributed by atoms with Crippen molar-refractivity contribution in [2.75, 3.05) is 13.1 Å². The molecule has 0 amide bonds. The summed E-state index contributed by atoms with van der Waals surface area (Å²) in [7, 11) is 0. The number of fused-ring (bicyclic) bond motifs is 2. The van der Waals surface area contributed by atoms with E-state index in [2.05, 4.69) is 11.8 Å². The third-order valence-electron chi connectivity index (χ3n) is 4.54. The van der Waals surface area contributed by atoms with E-state index in [1.165, 1.54) is 31.5 Å². The van der Waals surface area contributed by atoms with Crippen LogP contribution in [0.5, 0.6) is 0 Å². The zero-order valence-corrected chi connectivity index (χ0v) is 9.41. The largest absolute Gasteiger partial charge is 0.297 e. The van der Waals surface area contributed by atoms with Crippen LogP contribution in [0.4, 0.5) is 0 Å². The highest BCUT2D eigenvalue weighted by Crippen LogP contribution is 2.42. The summed E-state index contributed by atoms with van der Waals surface area (Å²) >= 11 is 0. The molecule has 0 spiro atoms. The molecular formula is C13H19NO. The fourth-order valence-corrected chi connectivity index (χ4v) is 3.56. The molecule has 2 atom stereocenters. The minimum atomic E-state index is 0.304. The molecule has 3 saturated heterocycles. The monoisotopic (exact) mass is 205 g/mol. The fraction of sp³-hybridized carbons (Fsp3) is 0.769. The average Bonchev–Trinajstić information content (AvgIpc) is 2.29. The SMILES string of the molecule is CCC1CC2C(=CC1=O)C1CCN2CC1. The number of nitrogens with zero attached hydrogens (tertiary/aromatic N) is 1. The van der Waals surface area contributed by atoms with Gasteiger partial charge in [-0.1, -0.05) is 6.92 Å². The standard InChI is InChI=1S/C13H19NO/c1-2-9-7-12-11(8-13(9)15)10-3-5-14(12)6-4-10/h8-10,12H,2-7H2,1H3. The first-order chi connectivity index (χ1) is 7.29. The Balaban J connectivity index is 1.93. The lowest BCUT2D eigenvalue weighted by atomic mass is 9.71. The molecule has 4 rings (SSSR count). The molecule has 2 nitrogen and oxygen atoms in total. The summed E-state index contributed by atoms with van der Waals surface area (Å²) in [4.78, 5) is 14.5. The Morgan fingerprint density at radius 3 is 2.80 bits per heavy atom. The predicted octanol–water partition coefficient (Wildman–Crippen LogP) is 2.01. The van der Waals surface area contributed by atoms with Crippen molar-refractivity contribution in [2.45, 2.75) is 38.6 Å². The third-order valence-corrected chi connectivity index (χ3v) is 4.54. The van der Waals surface area contributed by atoms with Crippen LogP contribution in [0.3, 0.4) is 0 Å². The van der Waals surface area contributed by atoms with Gasteiger partial charge >= 0.3 is 0 Å². The van der Waals surface area contributed by atoms with Crippen LogP contribution >= 0.6 is 0 Å². The maximum absolute atomic E-state index is 11.9. The van der Waals surface area contributed by atoms with E-state index in [-0.39, 0.29) is 0 Å². The average molecular weight is 205 g/mol. The van der Waals surface area contributed by atoms with Crippen LogP contribution in [-0.2, 0) is 4.79 Å². The molecule has 15 heavy (non-hydrogen) atoms. The van der Waals surface area contributed by atoms with Crippen LogP contribution in [0.25, 0.3) is 0 Å². The summed E-state index contributed by atoms with van der Waals surface area (Å²) in [6, 6.07) is 0.625. The second-order valence-electron chi connectivity index (χ2n) is 5.21. The smallest absolute Gasteiger partial charge is 0.158 e. The summed E-state index contributed by atoms with van der Waals surface area (Å²) in [6.45, 7) is 4.66. The maximum atomic E-state index is 11.9. The van der Waals surface area contributed by atoms with E-state index in [0.29, 0.717) is 17.7 Å². The van der Waals surface area contributed by atoms with Gasteiger partial charge in [0.05, 0.1) is 0 Å². The number of allylic oxidation sites excluding steroid dienone is 1. The lowest BCUT2D eigenvalue weighted by Gasteiger charge is -2.50. The van der Waals surface area contributed by atoms with Crippen molar-refractivity contribution in [1.82, 2.24) is 4.90 Å². The van der Waals surface area contributed by atoms with Gasteiger partial charge in [-0.2, -0.15) is 0 Å². The van der Waals surface area contributed by atoms with Crippen molar-refractivity contribution in [3.8, 4) is 0 Å². The van der Waals surface area contributed by atoms with Gasteiger partial charge in [0.15, 0.2) is 5.78 Å². The number of ketones is 1. The van der Waals surface area contributed by atoms with Gasteiger partial charge in [-0.15, -0.1) is 0 Å². The van der Waals surface area contributed by atoms with Crippen molar-refractivity contribution in [2.24, 2.45) is 11.8 Å². The number of piperidine rings is 3. The van der Waals surface area contributed by atoms with E-state index in [1.54, 1.807) is 0 Å². The number of hydrogen-bond donors (Lipinski definition) is 0. The quantitative estimate of drug-likeness (QED) is 0.652. The Morgan fingerprint density at radius 1 is 1.40 bits per heavy atom. The van der Waals surface area contributed by atoms with E-state index in [4.69, 9.17) is 0 Å². The Labute approximate surface area is 91.3 Å². The molecule has 3 fully saturated rings. The fourth-order valence-electron chi connectivity index (χ4n) is 3.56. The number of hydrogen-bond acceptors (Lipinski definition) is 2. The summed E-state index contributed by atoms with van der Waals surface area (Å²) in [6.07, 6.45) is 6.67. The van der Waals surface area contributed by atoms with Gasteiger partial charge < -0.3 is 0 Å². The van der Waals surface area contributed by atoms with Crippen LogP contribution in [0.1, 0.15) is 32.6 Å². The molecule has 3 aliphatic heterocycles. The Bertz CT molecular complexity index is 312. The van der Waals surface area contributed by atoms with E-state index in [0.717, 1.165) is 18.8 Å². The van der Waals surface area contributed by atoms with Crippen molar-refractivity contribution in [1.29, 1.82) is 0 Å². The molecule has 3 heterocycles. The highest BCUT2D eigenvalue weighted by Gasteiger charge is 2.41. The zero-order valence-electron chi connectivity index (χ0n) is 9.41. The van der Waals surface area contributed by atoms with Gasteiger partial charge in [0.25, 0.3) is 0 Å². The second-order valence-corrected chi connectivity index (χ2v) is 5.21. The number of rotatable bonds is 1. The molecule has 4 aliphatic rings. The summed E-state index contributed by atoms with van der Waals surface area (Å²) in [5.74, 6) is 1.44. The lowest BCUT2D eigenvalue weighted by molar-refractivity contribution is -0.120. The Kier molecular flexibility index (Phi) is 2.20. The molecule has 0 saturated carbocycles. The molecule has 0 aromatic carbocycles. The Hall–Kier alpha value is -0.630. The first kappa shape index (κ1) is 9.59. The molecule has 0 aromatic heterocycles. The van der Waals surface area contributed by atoms with Crippen molar-refractivity contribution >= 4 is 5.78 Å². The number of carbonyl (C=O) groups excluding carboxylic acids is 1. The zero-order chi connectivity index (χ0) is 10.4. The van der Waals surface area contributed by atoms with Crippen molar-refractivity contribution in [3.63, 3.8) is 0 Å². The topological polar surface area (TPSA) is 20.3 Å². The molecular weight excluding hydrogens is 186 g/mol. The molecule has 2 bridgehead atoms. The lowest BCUT2D eigenvalue weighted by Crippen LogP contribution is -2.53.